The van der Waals surface area contributed by atoms with Gasteiger partial charge in [-0.25, -0.2) is 17.5 Å². The molecule has 0 saturated carbocycles. The summed E-state index contributed by atoms with van der Waals surface area (Å²) in [7, 11) is -2.42. The highest BCUT2D eigenvalue weighted by molar-refractivity contribution is 7.89. The van der Waals surface area contributed by atoms with Crippen molar-refractivity contribution in [1.29, 1.82) is 0 Å². The van der Waals surface area contributed by atoms with E-state index in [0.29, 0.717) is 6.61 Å². The second-order valence-electron chi connectivity index (χ2n) is 5.96. The number of methoxy groups -OCH3 is 1. The molecule has 2 N–H and O–H groups in total. The smallest absolute Gasteiger partial charge is 0.244 e. The van der Waals surface area contributed by atoms with Gasteiger partial charge in [-0.1, -0.05) is 18.2 Å². The van der Waals surface area contributed by atoms with Crippen LogP contribution in [0.2, 0.25) is 0 Å². The van der Waals surface area contributed by atoms with Crippen molar-refractivity contribution in [2.45, 2.75) is 24.5 Å². The standard InChI is InChI=1S/C18H21FN2O4S/c1-24-6-7-25-17-5-4-16(19)9-18(17)26(22,23)21-10-13-2-3-14-11-20-12-15(14)8-13/h2-5,8-9,20-21H,6-7,10-12H2,1H3. The van der Waals surface area contributed by atoms with Crippen molar-refractivity contribution in [2.24, 2.45) is 0 Å². The first-order chi connectivity index (χ1) is 12.5. The monoisotopic (exact) mass is 380 g/mol. The molecule has 0 saturated heterocycles. The Morgan fingerprint density at radius 1 is 1.12 bits per heavy atom. The van der Waals surface area contributed by atoms with Crippen molar-refractivity contribution < 1.29 is 22.3 Å². The van der Waals surface area contributed by atoms with E-state index >= 15 is 0 Å². The molecule has 8 heteroatoms. The summed E-state index contributed by atoms with van der Waals surface area (Å²) in [5, 5.41) is 3.24. The van der Waals surface area contributed by atoms with Crippen LogP contribution >= 0.6 is 0 Å². The predicted molar refractivity (Wildman–Crippen MR) is 94.8 cm³/mol. The fourth-order valence-electron chi connectivity index (χ4n) is 2.76. The highest BCUT2D eigenvalue weighted by Gasteiger charge is 2.21. The minimum absolute atomic E-state index is 0.0918. The molecule has 0 spiro atoms. The lowest BCUT2D eigenvalue weighted by atomic mass is 10.1. The zero-order valence-corrected chi connectivity index (χ0v) is 15.2. The van der Waals surface area contributed by atoms with Gasteiger partial charge in [-0.15, -0.1) is 0 Å². The van der Waals surface area contributed by atoms with Crippen molar-refractivity contribution in [3.05, 3.63) is 58.9 Å². The fourth-order valence-corrected chi connectivity index (χ4v) is 3.93. The Hall–Kier alpha value is -2.00. The van der Waals surface area contributed by atoms with E-state index in [1.807, 2.05) is 18.2 Å². The Labute approximate surface area is 152 Å². The number of benzene rings is 2. The minimum Gasteiger partial charge on any atom is -0.490 e. The van der Waals surface area contributed by atoms with Crippen LogP contribution in [-0.2, 0) is 34.4 Å². The van der Waals surface area contributed by atoms with Crippen LogP contribution in [0.4, 0.5) is 4.39 Å². The number of hydrogen-bond acceptors (Lipinski definition) is 5. The first-order valence-corrected chi connectivity index (χ1v) is 9.70. The van der Waals surface area contributed by atoms with Gasteiger partial charge in [0.25, 0.3) is 0 Å². The second kappa shape index (κ2) is 8.13. The highest BCUT2D eigenvalue weighted by atomic mass is 32.2. The van der Waals surface area contributed by atoms with Crippen molar-refractivity contribution in [1.82, 2.24) is 10.0 Å². The Morgan fingerprint density at radius 2 is 1.92 bits per heavy atom. The number of hydrogen-bond donors (Lipinski definition) is 2. The molecule has 3 rings (SSSR count). The number of nitrogens with one attached hydrogen (secondary N) is 2. The van der Waals surface area contributed by atoms with E-state index in [-0.39, 0.29) is 23.8 Å². The van der Waals surface area contributed by atoms with E-state index in [2.05, 4.69) is 10.0 Å². The molecule has 0 atom stereocenters. The van der Waals surface area contributed by atoms with Crippen molar-refractivity contribution >= 4 is 10.0 Å². The summed E-state index contributed by atoms with van der Waals surface area (Å²) in [5.41, 5.74) is 3.22. The first kappa shape index (κ1) is 18.8. The SMILES string of the molecule is COCCOc1ccc(F)cc1S(=O)(=O)NCc1ccc2c(c1)CNC2. The number of sulfonamides is 1. The number of fused-ring (bicyclic) bond motifs is 1. The quantitative estimate of drug-likeness (QED) is 0.685. The molecular formula is C18H21FN2O4S. The first-order valence-electron chi connectivity index (χ1n) is 8.22. The Balaban J connectivity index is 1.76. The lowest BCUT2D eigenvalue weighted by Crippen LogP contribution is -2.24. The molecule has 6 nitrogen and oxygen atoms in total. The van der Waals surface area contributed by atoms with Crippen LogP contribution in [0.5, 0.6) is 5.75 Å². The summed E-state index contributed by atoms with van der Waals surface area (Å²) in [4.78, 5) is -0.226. The van der Waals surface area contributed by atoms with Gasteiger partial charge in [-0.3, -0.25) is 0 Å². The van der Waals surface area contributed by atoms with Crippen LogP contribution < -0.4 is 14.8 Å². The Kier molecular flexibility index (Phi) is 5.87. The number of halogens is 1. The topological polar surface area (TPSA) is 76.7 Å². The van der Waals surface area contributed by atoms with E-state index in [4.69, 9.17) is 9.47 Å². The lowest BCUT2D eigenvalue weighted by Gasteiger charge is -2.13. The van der Waals surface area contributed by atoms with Crippen LogP contribution in [0.3, 0.4) is 0 Å². The van der Waals surface area contributed by atoms with Crippen molar-refractivity contribution in [3.63, 3.8) is 0 Å². The van der Waals surface area contributed by atoms with E-state index in [0.717, 1.165) is 36.3 Å². The average molecular weight is 380 g/mol. The fraction of sp³-hybridized carbons (Fsp3) is 0.333. The third-order valence-electron chi connectivity index (χ3n) is 4.11. The molecule has 0 radical (unpaired) electrons. The van der Waals surface area contributed by atoms with Gasteiger partial charge in [-0.05, 0) is 34.9 Å². The van der Waals surface area contributed by atoms with Gasteiger partial charge < -0.3 is 14.8 Å². The average Bonchev–Trinajstić information content (AvgIpc) is 3.09. The van der Waals surface area contributed by atoms with Crippen molar-refractivity contribution in [3.8, 4) is 5.75 Å². The Morgan fingerprint density at radius 3 is 2.73 bits per heavy atom. The molecule has 0 unspecified atom stereocenters. The van der Waals surface area contributed by atoms with Crippen LogP contribution in [0.25, 0.3) is 0 Å². The van der Waals surface area contributed by atoms with E-state index in [1.54, 1.807) is 0 Å². The number of ether oxygens (including phenoxy) is 2. The minimum atomic E-state index is -3.93. The molecule has 1 aliphatic rings. The molecule has 2 aromatic carbocycles. The molecule has 1 aliphatic heterocycles. The van der Waals surface area contributed by atoms with Crippen molar-refractivity contribution in [2.75, 3.05) is 20.3 Å². The van der Waals surface area contributed by atoms with E-state index < -0.39 is 15.8 Å². The third kappa shape index (κ3) is 4.39. The van der Waals surface area contributed by atoms with Gasteiger partial charge in [0.1, 0.15) is 23.1 Å². The summed E-state index contributed by atoms with van der Waals surface area (Å²) in [6, 6.07) is 9.27. The molecule has 26 heavy (non-hydrogen) atoms. The van der Waals surface area contributed by atoms with Gasteiger partial charge in [0.15, 0.2) is 0 Å². The maximum Gasteiger partial charge on any atom is 0.244 e. The van der Waals surface area contributed by atoms with Crippen LogP contribution in [-0.4, -0.2) is 28.7 Å². The van der Waals surface area contributed by atoms with Gasteiger partial charge in [0.2, 0.25) is 10.0 Å². The summed E-state index contributed by atoms with van der Waals surface area (Å²) >= 11 is 0. The third-order valence-corrected chi connectivity index (χ3v) is 5.53. The predicted octanol–water partition coefficient (Wildman–Crippen LogP) is 1.93. The summed E-state index contributed by atoms with van der Waals surface area (Å²) < 4.78 is 51.7. The molecular weight excluding hydrogens is 359 g/mol. The maximum atomic E-state index is 13.6. The van der Waals surface area contributed by atoms with Gasteiger partial charge in [-0.2, -0.15) is 0 Å². The van der Waals surface area contributed by atoms with Crippen LogP contribution in [0.15, 0.2) is 41.3 Å². The lowest BCUT2D eigenvalue weighted by molar-refractivity contribution is 0.144. The zero-order chi connectivity index (χ0) is 18.6. The molecule has 0 fully saturated rings. The van der Waals surface area contributed by atoms with E-state index in [9.17, 15) is 12.8 Å². The van der Waals surface area contributed by atoms with Gasteiger partial charge >= 0.3 is 0 Å². The maximum absolute atomic E-state index is 13.6. The second-order valence-corrected chi connectivity index (χ2v) is 7.70. The molecule has 1 heterocycles. The summed E-state index contributed by atoms with van der Waals surface area (Å²) in [5.74, 6) is -0.554. The normalized spacial score (nSPS) is 13.6. The molecule has 2 aromatic rings. The molecule has 0 aromatic heterocycles. The zero-order valence-electron chi connectivity index (χ0n) is 14.4. The van der Waals surface area contributed by atoms with E-state index in [1.165, 1.54) is 18.7 Å². The largest absolute Gasteiger partial charge is 0.490 e. The number of rotatable bonds is 8. The van der Waals surface area contributed by atoms with Crippen LogP contribution in [0.1, 0.15) is 16.7 Å². The summed E-state index contributed by atoms with van der Waals surface area (Å²) in [6.07, 6.45) is 0. The van der Waals surface area contributed by atoms with Crippen LogP contribution in [0, 0.1) is 5.82 Å². The molecule has 0 amide bonds. The van der Waals surface area contributed by atoms with Gasteiger partial charge in [0, 0.05) is 26.7 Å². The molecule has 140 valence electrons. The van der Waals surface area contributed by atoms with Gasteiger partial charge in [0.05, 0.1) is 6.61 Å². The summed E-state index contributed by atoms with van der Waals surface area (Å²) in [6.45, 7) is 2.18. The Bertz CT molecular complexity index is 887. The molecule has 0 aliphatic carbocycles. The molecule has 0 bridgehead atoms. The highest BCUT2D eigenvalue weighted by Crippen LogP contribution is 2.25.